The Labute approximate surface area is 166 Å². The van der Waals surface area contributed by atoms with Crippen LogP contribution in [0.4, 0.5) is 33.2 Å². The third kappa shape index (κ3) is 5.48. The van der Waals surface area contributed by atoms with Gasteiger partial charge in [-0.25, -0.2) is 9.37 Å². The normalized spacial score (nSPS) is 10.7. The van der Waals surface area contributed by atoms with Crippen molar-refractivity contribution in [1.29, 1.82) is 0 Å². The molecule has 29 heavy (non-hydrogen) atoms. The van der Waals surface area contributed by atoms with Crippen molar-refractivity contribution in [3.63, 3.8) is 0 Å². The number of aliphatic imine (C=N–C) groups is 1. The summed E-state index contributed by atoms with van der Waals surface area (Å²) < 4.78 is 14.1. The van der Waals surface area contributed by atoms with Crippen LogP contribution in [0.15, 0.2) is 59.7 Å². The summed E-state index contributed by atoms with van der Waals surface area (Å²) in [6, 6.07) is 13.2. The van der Waals surface area contributed by atoms with Gasteiger partial charge in [0.1, 0.15) is 5.75 Å². The van der Waals surface area contributed by atoms with Crippen LogP contribution in [-0.2, 0) is 4.79 Å². The largest absolute Gasteiger partial charge is 0.508 e. The highest BCUT2D eigenvalue weighted by molar-refractivity contribution is 6.26. The van der Waals surface area contributed by atoms with Gasteiger partial charge in [-0.1, -0.05) is 12.1 Å². The summed E-state index contributed by atoms with van der Waals surface area (Å²) in [6.07, 6.45) is 2.27. The maximum atomic E-state index is 14.1. The molecule has 0 saturated carbocycles. The van der Waals surface area contributed by atoms with E-state index in [1.807, 2.05) is 0 Å². The molecule has 3 aromatic rings. The average molecular weight is 394 g/mol. The minimum Gasteiger partial charge on any atom is -0.508 e. The molecular weight excluding hydrogens is 375 g/mol. The van der Waals surface area contributed by atoms with Gasteiger partial charge in [0.15, 0.2) is 11.6 Å². The first-order valence-corrected chi connectivity index (χ1v) is 8.62. The number of hydrogen-bond donors (Lipinski definition) is 3. The topological polar surface area (TPSA) is 103 Å². The summed E-state index contributed by atoms with van der Waals surface area (Å²) in [5.74, 6) is -0.696. The third-order valence-electron chi connectivity index (χ3n) is 3.72. The van der Waals surface area contributed by atoms with Crippen molar-refractivity contribution in [2.45, 2.75) is 0 Å². The molecule has 0 aliphatic rings. The van der Waals surface area contributed by atoms with Gasteiger partial charge in [0.05, 0.1) is 18.1 Å². The zero-order chi connectivity index (χ0) is 20.8. The van der Waals surface area contributed by atoms with Crippen LogP contribution in [0.2, 0.25) is 0 Å². The van der Waals surface area contributed by atoms with E-state index in [0.717, 1.165) is 6.20 Å². The number of carbonyl (C=O) groups excluding carboxylic acids is 1. The lowest BCUT2D eigenvalue weighted by Gasteiger charge is -2.10. The molecule has 0 spiro atoms. The molecule has 0 radical (unpaired) electrons. The molecule has 9 heteroatoms. The first kappa shape index (κ1) is 19.7. The molecule has 1 aromatic heterocycles. The molecule has 148 valence electrons. The molecule has 3 rings (SSSR count). The van der Waals surface area contributed by atoms with E-state index in [1.54, 1.807) is 50.5 Å². The van der Waals surface area contributed by atoms with E-state index in [0.29, 0.717) is 17.1 Å². The van der Waals surface area contributed by atoms with Crippen LogP contribution in [0.1, 0.15) is 0 Å². The van der Waals surface area contributed by atoms with Gasteiger partial charge in [-0.3, -0.25) is 9.79 Å². The Morgan fingerprint density at radius 1 is 1.14 bits per heavy atom. The van der Waals surface area contributed by atoms with Gasteiger partial charge in [-0.15, -0.1) is 0 Å². The molecule has 0 atom stereocenters. The number of hydrogen-bond acceptors (Lipinski definition) is 7. The number of amides is 1. The minimum absolute atomic E-state index is 0.0427. The lowest BCUT2D eigenvalue weighted by molar-refractivity contribution is -0.121. The molecule has 0 saturated heterocycles. The molecule has 1 amide bonds. The first-order chi connectivity index (χ1) is 13.9. The summed E-state index contributed by atoms with van der Waals surface area (Å²) in [5.41, 5.74) is 1.66. The summed E-state index contributed by atoms with van der Waals surface area (Å²) >= 11 is 0. The molecule has 0 aliphatic carbocycles. The second kappa shape index (κ2) is 8.79. The zero-order valence-corrected chi connectivity index (χ0v) is 15.8. The van der Waals surface area contributed by atoms with Gasteiger partial charge in [0, 0.05) is 31.5 Å². The smallest absolute Gasteiger partial charge is 0.264 e. The number of nitrogens with zero attached hydrogens (tertiary/aromatic N) is 4. The van der Waals surface area contributed by atoms with E-state index in [1.165, 1.54) is 23.2 Å². The molecule has 0 unspecified atom stereocenters. The number of phenols is 1. The number of phenolic OH excluding ortho intramolecular Hbond substituents is 1. The summed E-state index contributed by atoms with van der Waals surface area (Å²) in [7, 11) is 3.28. The number of carbonyl (C=O) groups is 1. The Hall–Kier alpha value is -4.01. The zero-order valence-electron chi connectivity index (χ0n) is 15.8. The fraction of sp³-hybridized carbons (Fsp3) is 0.100. The molecule has 0 aliphatic heterocycles. The van der Waals surface area contributed by atoms with Crippen LogP contribution in [0.5, 0.6) is 5.75 Å². The Balaban J connectivity index is 1.77. The Morgan fingerprint density at radius 2 is 1.86 bits per heavy atom. The van der Waals surface area contributed by atoms with Crippen LogP contribution in [0.25, 0.3) is 0 Å². The number of anilines is 4. The number of aromatic nitrogens is 2. The molecular formula is C20H19FN6O2. The maximum absolute atomic E-state index is 14.1. The van der Waals surface area contributed by atoms with Crippen molar-refractivity contribution >= 4 is 41.0 Å². The highest BCUT2D eigenvalue weighted by Gasteiger charge is 2.08. The fourth-order valence-corrected chi connectivity index (χ4v) is 2.27. The fourth-order valence-electron chi connectivity index (χ4n) is 2.27. The Bertz CT molecular complexity index is 1050. The predicted molar refractivity (Wildman–Crippen MR) is 110 cm³/mol. The monoisotopic (exact) mass is 394 g/mol. The average Bonchev–Trinajstić information content (AvgIpc) is 2.69. The van der Waals surface area contributed by atoms with E-state index < -0.39 is 5.82 Å². The summed E-state index contributed by atoms with van der Waals surface area (Å²) in [5, 5.41) is 15.3. The van der Waals surface area contributed by atoms with Gasteiger partial charge in [0.25, 0.3) is 5.91 Å². The standard InChI is InChI=1S/C20H19FN6O2/c1-27(2)18(29)12-22-13-5-3-6-14(9-13)25-20-23-11-17(21)19(26-20)24-15-7-4-8-16(28)10-15/h3-12,28H,1-2H3,(H2,23,24,25,26). The number of benzene rings is 2. The van der Waals surface area contributed by atoms with Gasteiger partial charge in [-0.05, 0) is 30.3 Å². The Morgan fingerprint density at radius 3 is 2.59 bits per heavy atom. The van der Waals surface area contributed by atoms with E-state index in [2.05, 4.69) is 25.6 Å². The van der Waals surface area contributed by atoms with E-state index in [4.69, 9.17) is 0 Å². The van der Waals surface area contributed by atoms with Crippen LogP contribution in [0, 0.1) is 5.82 Å². The van der Waals surface area contributed by atoms with Gasteiger partial charge < -0.3 is 20.6 Å². The van der Waals surface area contributed by atoms with Gasteiger partial charge >= 0.3 is 0 Å². The molecule has 0 bridgehead atoms. The van der Waals surface area contributed by atoms with Crippen molar-refractivity contribution < 1.29 is 14.3 Å². The van der Waals surface area contributed by atoms with E-state index in [9.17, 15) is 14.3 Å². The molecule has 3 N–H and O–H groups in total. The second-order valence-electron chi connectivity index (χ2n) is 6.23. The predicted octanol–water partition coefficient (Wildman–Crippen LogP) is 3.60. The summed E-state index contributed by atoms with van der Waals surface area (Å²) in [6.45, 7) is 0. The van der Waals surface area contributed by atoms with Crippen LogP contribution >= 0.6 is 0 Å². The SMILES string of the molecule is CN(C)C(=O)C=Nc1cccc(Nc2ncc(F)c(Nc3cccc(O)c3)n2)c1. The van der Waals surface area contributed by atoms with Crippen LogP contribution < -0.4 is 10.6 Å². The lowest BCUT2D eigenvalue weighted by Crippen LogP contribution is -2.22. The summed E-state index contributed by atoms with van der Waals surface area (Å²) in [4.78, 5) is 25.2. The molecule has 1 heterocycles. The Kier molecular flexibility index (Phi) is 5.98. The minimum atomic E-state index is -0.639. The number of rotatable bonds is 6. The van der Waals surface area contributed by atoms with E-state index >= 15 is 0 Å². The van der Waals surface area contributed by atoms with Crippen molar-refractivity contribution in [1.82, 2.24) is 14.9 Å². The molecule has 2 aromatic carbocycles. The number of nitrogens with one attached hydrogen (secondary N) is 2. The number of aromatic hydroxyl groups is 1. The van der Waals surface area contributed by atoms with Crippen LogP contribution in [0.3, 0.4) is 0 Å². The highest BCUT2D eigenvalue weighted by Crippen LogP contribution is 2.24. The van der Waals surface area contributed by atoms with Gasteiger partial charge in [-0.2, -0.15) is 4.98 Å². The quantitative estimate of drug-likeness (QED) is 0.552. The van der Waals surface area contributed by atoms with Gasteiger partial charge in [0.2, 0.25) is 5.95 Å². The molecule has 0 fully saturated rings. The van der Waals surface area contributed by atoms with Crippen molar-refractivity contribution in [2.24, 2.45) is 4.99 Å². The molecule has 8 nitrogen and oxygen atoms in total. The maximum Gasteiger partial charge on any atom is 0.264 e. The first-order valence-electron chi connectivity index (χ1n) is 8.62. The van der Waals surface area contributed by atoms with Crippen molar-refractivity contribution in [3.05, 3.63) is 60.5 Å². The lowest BCUT2D eigenvalue weighted by atomic mass is 10.3. The third-order valence-corrected chi connectivity index (χ3v) is 3.72. The van der Waals surface area contributed by atoms with Crippen molar-refractivity contribution in [3.8, 4) is 5.75 Å². The van der Waals surface area contributed by atoms with E-state index in [-0.39, 0.29) is 23.4 Å². The highest BCUT2D eigenvalue weighted by atomic mass is 19.1. The number of halogens is 1. The second-order valence-corrected chi connectivity index (χ2v) is 6.23. The van der Waals surface area contributed by atoms with Crippen LogP contribution in [-0.4, -0.2) is 46.2 Å². The van der Waals surface area contributed by atoms with Crippen molar-refractivity contribution in [2.75, 3.05) is 24.7 Å².